The van der Waals surface area contributed by atoms with Crippen molar-refractivity contribution in [1.29, 1.82) is 0 Å². The van der Waals surface area contributed by atoms with Crippen molar-refractivity contribution in [2.45, 2.75) is 18.9 Å². The van der Waals surface area contributed by atoms with Gasteiger partial charge in [-0.15, -0.1) is 0 Å². The van der Waals surface area contributed by atoms with Crippen LogP contribution in [0.15, 0.2) is 18.2 Å². The van der Waals surface area contributed by atoms with E-state index in [1.165, 1.54) is 0 Å². The summed E-state index contributed by atoms with van der Waals surface area (Å²) in [5, 5.41) is 3.27. The Morgan fingerprint density at radius 2 is 2.04 bits per heavy atom. The Labute approximate surface area is 147 Å². The van der Waals surface area contributed by atoms with Gasteiger partial charge in [0.05, 0.1) is 20.1 Å². The lowest BCUT2D eigenvalue weighted by Crippen LogP contribution is -2.42. The Morgan fingerprint density at radius 3 is 2.68 bits per heavy atom. The van der Waals surface area contributed by atoms with Gasteiger partial charge < -0.3 is 24.6 Å². The van der Waals surface area contributed by atoms with Gasteiger partial charge in [0, 0.05) is 44.4 Å². The van der Waals surface area contributed by atoms with Crippen molar-refractivity contribution in [3.05, 3.63) is 18.2 Å². The van der Waals surface area contributed by atoms with Crippen molar-refractivity contribution in [2.24, 2.45) is 5.92 Å². The van der Waals surface area contributed by atoms with Gasteiger partial charge in [0.1, 0.15) is 0 Å². The first-order valence-corrected chi connectivity index (χ1v) is 8.55. The molecular weight excluding hydrogens is 322 g/mol. The van der Waals surface area contributed by atoms with Crippen molar-refractivity contribution in [3.63, 3.8) is 0 Å². The zero-order valence-corrected chi connectivity index (χ0v) is 14.9. The number of methoxy groups -OCH3 is 2. The monoisotopic (exact) mass is 347 g/mol. The van der Waals surface area contributed by atoms with Gasteiger partial charge in [0.15, 0.2) is 11.5 Å². The third-order valence-corrected chi connectivity index (χ3v) is 5.08. The molecule has 25 heavy (non-hydrogen) atoms. The van der Waals surface area contributed by atoms with Gasteiger partial charge in [-0.3, -0.25) is 9.59 Å². The highest BCUT2D eigenvalue weighted by atomic mass is 16.5. The maximum Gasteiger partial charge on any atom is 0.228 e. The van der Waals surface area contributed by atoms with Crippen molar-refractivity contribution >= 4 is 17.5 Å². The van der Waals surface area contributed by atoms with Crippen LogP contribution in [0.1, 0.15) is 12.8 Å². The van der Waals surface area contributed by atoms with Gasteiger partial charge in [-0.05, 0) is 25.1 Å². The second kappa shape index (κ2) is 7.31. The van der Waals surface area contributed by atoms with Crippen LogP contribution in [0.25, 0.3) is 0 Å². The standard InChI is InChI=1S/C18H25N3O4/c1-20(14-6-7-19-10-14)18(23)12-8-17(22)21(11-12)13-4-5-15(24-2)16(9-13)25-3/h4-5,9,12,14,19H,6-8,10-11H2,1-3H3/t12-,14-/m0/s1. The first kappa shape index (κ1) is 17.5. The Balaban J connectivity index is 1.73. The third kappa shape index (κ3) is 3.42. The predicted molar refractivity (Wildman–Crippen MR) is 94.1 cm³/mol. The topological polar surface area (TPSA) is 71.1 Å². The Kier molecular flexibility index (Phi) is 5.13. The minimum absolute atomic E-state index is 0.0384. The molecule has 1 N–H and O–H groups in total. The van der Waals surface area contributed by atoms with Crippen LogP contribution in [0, 0.1) is 5.92 Å². The van der Waals surface area contributed by atoms with Gasteiger partial charge in [0.25, 0.3) is 0 Å². The number of ether oxygens (including phenoxy) is 2. The minimum Gasteiger partial charge on any atom is -0.493 e. The molecule has 3 rings (SSSR count). The first-order valence-electron chi connectivity index (χ1n) is 8.55. The molecule has 2 amide bonds. The van der Waals surface area contributed by atoms with E-state index >= 15 is 0 Å². The highest BCUT2D eigenvalue weighted by Crippen LogP contribution is 2.34. The average Bonchev–Trinajstić information content (AvgIpc) is 3.29. The van der Waals surface area contributed by atoms with Crippen molar-refractivity contribution < 1.29 is 19.1 Å². The predicted octanol–water partition coefficient (Wildman–Crippen LogP) is 0.877. The molecule has 2 atom stereocenters. The molecular formula is C18H25N3O4. The fourth-order valence-electron chi connectivity index (χ4n) is 3.55. The van der Waals surface area contributed by atoms with E-state index in [-0.39, 0.29) is 30.2 Å². The van der Waals surface area contributed by atoms with Gasteiger partial charge in [-0.1, -0.05) is 0 Å². The van der Waals surface area contributed by atoms with Crippen molar-refractivity contribution in [3.8, 4) is 11.5 Å². The van der Waals surface area contributed by atoms with E-state index in [2.05, 4.69) is 5.32 Å². The molecule has 2 aliphatic heterocycles. The highest BCUT2D eigenvalue weighted by molar-refractivity contribution is 6.00. The number of carbonyl (C=O) groups is 2. The van der Waals surface area contributed by atoms with E-state index in [1.807, 2.05) is 13.1 Å². The summed E-state index contributed by atoms with van der Waals surface area (Å²) in [5.41, 5.74) is 0.725. The van der Waals surface area contributed by atoms with E-state index in [1.54, 1.807) is 36.2 Å². The summed E-state index contributed by atoms with van der Waals surface area (Å²) in [4.78, 5) is 28.7. The molecule has 0 spiro atoms. The molecule has 2 fully saturated rings. The van der Waals surface area contributed by atoms with Crippen LogP contribution in [-0.4, -0.2) is 63.7 Å². The SMILES string of the molecule is COc1ccc(N2C[C@@H](C(=O)N(C)[C@H]3CCNC3)CC2=O)cc1OC. The number of likely N-dealkylation sites (N-methyl/N-ethyl adjacent to an activating group) is 1. The van der Waals surface area contributed by atoms with Crippen LogP contribution in [0.4, 0.5) is 5.69 Å². The normalized spacial score (nSPS) is 23.0. The second-order valence-corrected chi connectivity index (χ2v) is 6.54. The minimum atomic E-state index is -0.300. The van der Waals surface area contributed by atoms with E-state index in [0.29, 0.717) is 18.0 Å². The Bertz CT molecular complexity index is 658. The van der Waals surface area contributed by atoms with Gasteiger partial charge in [-0.2, -0.15) is 0 Å². The Morgan fingerprint density at radius 1 is 1.28 bits per heavy atom. The molecule has 0 radical (unpaired) electrons. The second-order valence-electron chi connectivity index (χ2n) is 6.54. The summed E-state index contributed by atoms with van der Waals surface area (Å²) in [6, 6.07) is 5.58. The summed E-state index contributed by atoms with van der Waals surface area (Å²) in [6.45, 7) is 2.16. The van der Waals surface area contributed by atoms with Crippen LogP contribution >= 0.6 is 0 Å². The maximum atomic E-state index is 12.8. The van der Waals surface area contributed by atoms with Crippen LogP contribution in [0.3, 0.4) is 0 Å². The smallest absolute Gasteiger partial charge is 0.228 e. The number of hydrogen-bond acceptors (Lipinski definition) is 5. The number of rotatable bonds is 5. The number of hydrogen-bond donors (Lipinski definition) is 1. The quantitative estimate of drug-likeness (QED) is 0.856. The molecule has 1 aromatic rings. The van der Waals surface area contributed by atoms with E-state index < -0.39 is 0 Å². The zero-order valence-electron chi connectivity index (χ0n) is 14.9. The van der Waals surface area contributed by atoms with Crippen LogP contribution < -0.4 is 19.7 Å². The molecule has 0 aromatic heterocycles. The average molecular weight is 347 g/mol. The van der Waals surface area contributed by atoms with Gasteiger partial charge in [0.2, 0.25) is 11.8 Å². The molecule has 136 valence electrons. The van der Waals surface area contributed by atoms with Gasteiger partial charge >= 0.3 is 0 Å². The maximum absolute atomic E-state index is 12.8. The molecule has 0 saturated carbocycles. The molecule has 7 heteroatoms. The fraction of sp³-hybridized carbons (Fsp3) is 0.556. The van der Waals surface area contributed by atoms with Crippen LogP contribution in [0.2, 0.25) is 0 Å². The van der Waals surface area contributed by atoms with Crippen molar-refractivity contribution in [2.75, 3.05) is 45.8 Å². The zero-order chi connectivity index (χ0) is 18.0. The van der Waals surface area contributed by atoms with Gasteiger partial charge in [-0.25, -0.2) is 0 Å². The summed E-state index contributed by atoms with van der Waals surface area (Å²) in [6.07, 6.45) is 1.21. The largest absolute Gasteiger partial charge is 0.493 e. The summed E-state index contributed by atoms with van der Waals surface area (Å²) in [5.74, 6) is 0.885. The molecule has 2 heterocycles. The highest BCUT2D eigenvalue weighted by Gasteiger charge is 2.38. The summed E-state index contributed by atoms with van der Waals surface area (Å²) in [7, 11) is 4.97. The van der Waals surface area contributed by atoms with E-state index in [9.17, 15) is 9.59 Å². The molecule has 7 nitrogen and oxygen atoms in total. The number of anilines is 1. The molecule has 1 aromatic carbocycles. The number of carbonyl (C=O) groups excluding carboxylic acids is 2. The lowest BCUT2D eigenvalue weighted by molar-refractivity contribution is -0.136. The summed E-state index contributed by atoms with van der Waals surface area (Å²) < 4.78 is 10.5. The molecule has 0 aliphatic carbocycles. The van der Waals surface area contributed by atoms with E-state index in [0.717, 1.165) is 25.2 Å². The fourth-order valence-corrected chi connectivity index (χ4v) is 3.55. The molecule has 2 aliphatic rings. The number of amides is 2. The van der Waals surface area contributed by atoms with Crippen LogP contribution in [0.5, 0.6) is 11.5 Å². The van der Waals surface area contributed by atoms with Crippen molar-refractivity contribution in [1.82, 2.24) is 10.2 Å². The lowest BCUT2D eigenvalue weighted by Gasteiger charge is -2.26. The number of benzene rings is 1. The molecule has 2 saturated heterocycles. The number of nitrogens with one attached hydrogen (secondary N) is 1. The summed E-state index contributed by atoms with van der Waals surface area (Å²) >= 11 is 0. The van der Waals surface area contributed by atoms with Crippen LogP contribution in [-0.2, 0) is 9.59 Å². The Hall–Kier alpha value is -2.28. The molecule has 0 unspecified atom stereocenters. The lowest BCUT2D eigenvalue weighted by atomic mass is 10.1. The van der Waals surface area contributed by atoms with E-state index in [4.69, 9.17) is 9.47 Å². The number of nitrogens with zero attached hydrogens (tertiary/aromatic N) is 2. The molecule has 0 bridgehead atoms. The first-order chi connectivity index (χ1) is 12.0. The third-order valence-electron chi connectivity index (χ3n) is 5.08.